The predicted molar refractivity (Wildman–Crippen MR) is 59.3 cm³/mol. The van der Waals surface area contributed by atoms with Crippen molar-refractivity contribution in [2.75, 3.05) is 0 Å². The Morgan fingerprint density at radius 3 is 2.23 bits per heavy atom. The maximum Gasteiger partial charge on any atom is -0.000777 e. The lowest BCUT2D eigenvalue weighted by molar-refractivity contribution is 0.934. The minimum Gasteiger partial charge on any atom is -0.102 e. The molecule has 0 aliphatic carbocycles. The van der Waals surface area contributed by atoms with E-state index < -0.39 is 0 Å². The smallest absolute Gasteiger partial charge is 0.000777 e. The molecule has 1 rings (SSSR count). The van der Waals surface area contributed by atoms with Crippen LogP contribution in [0.2, 0.25) is 0 Å². The standard InChI is InChI=1S/C13H18/c1-6-9(2)13-11(4)8-7-10(3)12(13)5/h6-9H,1H2,2-5H3. The summed E-state index contributed by atoms with van der Waals surface area (Å²) in [7, 11) is 0. The lowest BCUT2D eigenvalue weighted by atomic mass is 9.90. The van der Waals surface area contributed by atoms with Crippen molar-refractivity contribution < 1.29 is 0 Å². The summed E-state index contributed by atoms with van der Waals surface area (Å²) in [4.78, 5) is 0. The molecule has 0 aromatic heterocycles. The summed E-state index contributed by atoms with van der Waals surface area (Å²) in [5, 5.41) is 0. The summed E-state index contributed by atoms with van der Waals surface area (Å²) < 4.78 is 0. The largest absolute Gasteiger partial charge is 0.102 e. The van der Waals surface area contributed by atoms with E-state index in [1.54, 1.807) is 0 Å². The van der Waals surface area contributed by atoms with Gasteiger partial charge in [0.2, 0.25) is 0 Å². The van der Waals surface area contributed by atoms with Gasteiger partial charge in [-0.3, -0.25) is 0 Å². The average Bonchev–Trinajstić information content (AvgIpc) is 2.12. The zero-order chi connectivity index (χ0) is 10.0. The zero-order valence-electron chi connectivity index (χ0n) is 9.02. The third kappa shape index (κ3) is 1.82. The zero-order valence-corrected chi connectivity index (χ0v) is 9.02. The number of aryl methyl sites for hydroxylation is 2. The molecule has 0 aliphatic heterocycles. The van der Waals surface area contributed by atoms with Gasteiger partial charge < -0.3 is 0 Å². The summed E-state index contributed by atoms with van der Waals surface area (Å²) in [5.74, 6) is 0.458. The summed E-state index contributed by atoms with van der Waals surface area (Å²) in [6.07, 6.45) is 2.01. The molecular formula is C13H18. The van der Waals surface area contributed by atoms with Crippen LogP contribution >= 0.6 is 0 Å². The van der Waals surface area contributed by atoms with Gasteiger partial charge in [0.1, 0.15) is 0 Å². The van der Waals surface area contributed by atoms with Crippen LogP contribution in [0.5, 0.6) is 0 Å². The van der Waals surface area contributed by atoms with Crippen LogP contribution in [0.1, 0.15) is 35.1 Å². The van der Waals surface area contributed by atoms with E-state index in [4.69, 9.17) is 0 Å². The molecule has 0 aliphatic rings. The second kappa shape index (κ2) is 3.78. The Hall–Kier alpha value is -1.04. The SMILES string of the molecule is C=CC(C)c1c(C)ccc(C)c1C. The third-order valence-corrected chi connectivity index (χ3v) is 2.81. The van der Waals surface area contributed by atoms with Crippen molar-refractivity contribution in [2.24, 2.45) is 0 Å². The molecule has 0 bridgehead atoms. The van der Waals surface area contributed by atoms with Gasteiger partial charge in [-0.2, -0.15) is 0 Å². The van der Waals surface area contributed by atoms with E-state index in [2.05, 4.69) is 46.4 Å². The van der Waals surface area contributed by atoms with E-state index in [0.717, 1.165) is 0 Å². The average molecular weight is 174 g/mol. The second-order valence-corrected chi connectivity index (χ2v) is 3.76. The van der Waals surface area contributed by atoms with Crippen molar-refractivity contribution >= 4 is 0 Å². The van der Waals surface area contributed by atoms with Crippen LogP contribution in [0.25, 0.3) is 0 Å². The topological polar surface area (TPSA) is 0 Å². The fraction of sp³-hybridized carbons (Fsp3) is 0.385. The first kappa shape index (κ1) is 10.0. The Morgan fingerprint density at radius 2 is 1.69 bits per heavy atom. The Bertz CT molecular complexity index is 321. The number of hydrogen-bond donors (Lipinski definition) is 0. The van der Waals surface area contributed by atoms with Crippen molar-refractivity contribution in [3.8, 4) is 0 Å². The van der Waals surface area contributed by atoms with Gasteiger partial charge in [-0.15, -0.1) is 6.58 Å². The maximum absolute atomic E-state index is 3.85. The van der Waals surface area contributed by atoms with Crippen LogP contribution in [0.3, 0.4) is 0 Å². The molecule has 0 spiro atoms. The van der Waals surface area contributed by atoms with Crippen LogP contribution in [-0.4, -0.2) is 0 Å². The molecule has 0 nitrogen and oxygen atoms in total. The lowest BCUT2D eigenvalue weighted by Crippen LogP contribution is -1.98. The summed E-state index contributed by atoms with van der Waals surface area (Å²) in [6.45, 7) is 12.6. The summed E-state index contributed by atoms with van der Waals surface area (Å²) >= 11 is 0. The van der Waals surface area contributed by atoms with E-state index in [1.807, 2.05) is 6.08 Å². The van der Waals surface area contributed by atoms with Crippen LogP contribution < -0.4 is 0 Å². The van der Waals surface area contributed by atoms with E-state index in [1.165, 1.54) is 22.3 Å². The fourth-order valence-corrected chi connectivity index (χ4v) is 1.79. The summed E-state index contributed by atoms with van der Waals surface area (Å²) in [5.41, 5.74) is 5.59. The first-order valence-corrected chi connectivity index (χ1v) is 4.77. The molecule has 1 aromatic rings. The lowest BCUT2D eigenvalue weighted by Gasteiger charge is -2.15. The quantitative estimate of drug-likeness (QED) is 0.596. The number of rotatable bonds is 2. The van der Waals surface area contributed by atoms with E-state index in [0.29, 0.717) is 5.92 Å². The minimum atomic E-state index is 0.458. The molecule has 0 amide bonds. The van der Waals surface area contributed by atoms with E-state index >= 15 is 0 Å². The minimum absolute atomic E-state index is 0.458. The molecule has 13 heavy (non-hydrogen) atoms. The number of allylic oxidation sites excluding steroid dienone is 1. The number of hydrogen-bond acceptors (Lipinski definition) is 0. The van der Waals surface area contributed by atoms with Crippen LogP contribution in [0, 0.1) is 20.8 Å². The highest BCUT2D eigenvalue weighted by Crippen LogP contribution is 2.26. The van der Waals surface area contributed by atoms with Gasteiger partial charge in [-0.25, -0.2) is 0 Å². The van der Waals surface area contributed by atoms with E-state index in [9.17, 15) is 0 Å². The molecule has 1 unspecified atom stereocenters. The van der Waals surface area contributed by atoms with Gasteiger partial charge in [-0.1, -0.05) is 25.1 Å². The van der Waals surface area contributed by atoms with Gasteiger partial charge in [-0.05, 0) is 48.9 Å². The highest BCUT2D eigenvalue weighted by atomic mass is 14.1. The Labute approximate surface area is 81.3 Å². The molecular weight excluding hydrogens is 156 g/mol. The van der Waals surface area contributed by atoms with Crippen molar-refractivity contribution in [1.82, 2.24) is 0 Å². The maximum atomic E-state index is 3.85. The normalized spacial score (nSPS) is 12.6. The predicted octanol–water partition coefficient (Wildman–Crippen LogP) is 3.90. The first-order chi connectivity index (χ1) is 6.07. The highest BCUT2D eigenvalue weighted by molar-refractivity contribution is 5.42. The molecule has 0 heterocycles. The molecule has 0 radical (unpaired) electrons. The molecule has 0 N–H and O–H groups in total. The molecule has 0 fully saturated rings. The second-order valence-electron chi connectivity index (χ2n) is 3.76. The molecule has 0 saturated carbocycles. The Balaban J connectivity index is 3.32. The van der Waals surface area contributed by atoms with Crippen molar-refractivity contribution in [3.63, 3.8) is 0 Å². The van der Waals surface area contributed by atoms with Gasteiger partial charge >= 0.3 is 0 Å². The fourth-order valence-electron chi connectivity index (χ4n) is 1.79. The van der Waals surface area contributed by atoms with Crippen LogP contribution in [-0.2, 0) is 0 Å². The Kier molecular flexibility index (Phi) is 2.92. The number of benzene rings is 1. The molecule has 1 atom stereocenters. The summed E-state index contributed by atoms with van der Waals surface area (Å²) in [6, 6.07) is 4.38. The van der Waals surface area contributed by atoms with Gasteiger partial charge in [0, 0.05) is 0 Å². The van der Waals surface area contributed by atoms with Gasteiger partial charge in [0.05, 0.1) is 0 Å². The third-order valence-electron chi connectivity index (χ3n) is 2.81. The van der Waals surface area contributed by atoms with Crippen molar-refractivity contribution in [2.45, 2.75) is 33.6 Å². The van der Waals surface area contributed by atoms with Crippen LogP contribution in [0.4, 0.5) is 0 Å². The Morgan fingerprint density at radius 1 is 1.15 bits per heavy atom. The molecule has 1 aromatic carbocycles. The van der Waals surface area contributed by atoms with Crippen molar-refractivity contribution in [1.29, 1.82) is 0 Å². The van der Waals surface area contributed by atoms with Crippen molar-refractivity contribution in [3.05, 3.63) is 47.0 Å². The van der Waals surface area contributed by atoms with Gasteiger partial charge in [0.25, 0.3) is 0 Å². The molecule has 0 heteroatoms. The monoisotopic (exact) mass is 174 g/mol. The first-order valence-electron chi connectivity index (χ1n) is 4.77. The molecule has 70 valence electrons. The van der Waals surface area contributed by atoms with E-state index in [-0.39, 0.29) is 0 Å². The van der Waals surface area contributed by atoms with Crippen LogP contribution in [0.15, 0.2) is 24.8 Å². The van der Waals surface area contributed by atoms with Gasteiger partial charge in [0.15, 0.2) is 0 Å². The molecule has 0 saturated heterocycles. The highest BCUT2D eigenvalue weighted by Gasteiger charge is 2.09.